The number of rotatable bonds is 5. The van der Waals surface area contributed by atoms with E-state index in [9.17, 15) is 0 Å². The highest BCUT2D eigenvalue weighted by molar-refractivity contribution is 7.98. The van der Waals surface area contributed by atoms with Crippen LogP contribution in [0.1, 0.15) is 31.1 Å². The van der Waals surface area contributed by atoms with E-state index in [1.165, 1.54) is 6.33 Å². The summed E-state index contributed by atoms with van der Waals surface area (Å²) in [5.41, 5.74) is 1.44. The lowest BCUT2D eigenvalue weighted by molar-refractivity contribution is 0.401. The van der Waals surface area contributed by atoms with E-state index in [0.717, 1.165) is 17.2 Å². The van der Waals surface area contributed by atoms with Gasteiger partial charge in [0.05, 0.1) is 12.5 Å². The topological polar surface area (TPSA) is 52.8 Å². The number of halogens is 1. The highest BCUT2D eigenvalue weighted by atomic mass is 35.5. The first kappa shape index (κ1) is 14.4. The van der Waals surface area contributed by atoms with Crippen LogP contribution in [-0.4, -0.2) is 38.6 Å². The van der Waals surface area contributed by atoms with Crippen LogP contribution in [0.15, 0.2) is 6.33 Å². The van der Waals surface area contributed by atoms with Gasteiger partial charge in [0.25, 0.3) is 0 Å². The van der Waals surface area contributed by atoms with Crippen molar-refractivity contribution < 1.29 is 4.74 Å². The average molecular weight is 301 g/mol. The molecule has 0 N–H and O–H groups in total. The van der Waals surface area contributed by atoms with Gasteiger partial charge in [0.2, 0.25) is 5.88 Å². The molecule has 2 rings (SSSR count). The summed E-state index contributed by atoms with van der Waals surface area (Å²) in [6, 6.07) is 0.260. The molecule has 0 saturated heterocycles. The molecule has 0 aliphatic rings. The molecule has 0 aliphatic carbocycles. The van der Waals surface area contributed by atoms with Crippen molar-refractivity contribution in [2.75, 3.05) is 19.1 Å². The van der Waals surface area contributed by atoms with Crippen molar-refractivity contribution in [1.82, 2.24) is 19.5 Å². The second kappa shape index (κ2) is 5.96. The molecule has 0 aliphatic heterocycles. The second-order valence-corrected chi connectivity index (χ2v) is 5.88. The quantitative estimate of drug-likeness (QED) is 0.794. The van der Waals surface area contributed by atoms with Crippen molar-refractivity contribution in [2.45, 2.75) is 25.3 Å². The molecule has 0 fully saturated rings. The van der Waals surface area contributed by atoms with Gasteiger partial charge in [-0.1, -0.05) is 0 Å². The molecule has 2 unspecified atom stereocenters. The van der Waals surface area contributed by atoms with Crippen LogP contribution < -0.4 is 4.74 Å². The minimum atomic E-state index is -0.191. The van der Waals surface area contributed by atoms with Gasteiger partial charge < -0.3 is 9.30 Å². The molecule has 0 amide bonds. The van der Waals surface area contributed by atoms with Crippen molar-refractivity contribution >= 4 is 34.5 Å². The predicted octanol–water partition coefficient (Wildman–Crippen LogP) is 3.06. The molecule has 19 heavy (non-hydrogen) atoms. The minimum Gasteiger partial charge on any atom is -0.479 e. The molecule has 0 bridgehead atoms. The van der Waals surface area contributed by atoms with Crippen LogP contribution >= 0.6 is 23.4 Å². The average Bonchev–Trinajstić information content (AvgIpc) is 2.78. The Hall–Kier alpha value is -1.01. The van der Waals surface area contributed by atoms with Gasteiger partial charge >= 0.3 is 0 Å². The Kier molecular flexibility index (Phi) is 4.52. The van der Waals surface area contributed by atoms with Crippen molar-refractivity contribution in [3.8, 4) is 5.88 Å². The minimum absolute atomic E-state index is 0.191. The van der Waals surface area contributed by atoms with Gasteiger partial charge in [-0.15, -0.1) is 11.6 Å². The summed E-state index contributed by atoms with van der Waals surface area (Å²) in [7, 11) is 1.58. The summed E-state index contributed by atoms with van der Waals surface area (Å²) < 4.78 is 7.32. The maximum absolute atomic E-state index is 6.24. The summed E-state index contributed by atoms with van der Waals surface area (Å²) in [5, 5.41) is -0.191. The van der Waals surface area contributed by atoms with Crippen LogP contribution in [0, 0.1) is 0 Å². The molecule has 2 heterocycles. The number of hydrogen-bond donors (Lipinski definition) is 0. The highest BCUT2D eigenvalue weighted by Crippen LogP contribution is 2.30. The highest BCUT2D eigenvalue weighted by Gasteiger charge is 2.22. The van der Waals surface area contributed by atoms with Crippen LogP contribution in [0.5, 0.6) is 5.88 Å². The molecule has 7 heteroatoms. The standard InChI is InChI=1S/C12H17ClN4OS/c1-7(5-19-4)17-10(8(2)13)16-9-11(17)14-6-15-12(9)18-3/h6-8H,5H2,1-4H3. The van der Waals surface area contributed by atoms with E-state index >= 15 is 0 Å². The lowest BCUT2D eigenvalue weighted by atomic mass is 10.3. The zero-order chi connectivity index (χ0) is 14.0. The Bertz CT molecular complexity index is 572. The van der Waals surface area contributed by atoms with Crippen LogP contribution in [-0.2, 0) is 0 Å². The van der Waals surface area contributed by atoms with Crippen LogP contribution in [0.2, 0.25) is 0 Å². The largest absolute Gasteiger partial charge is 0.479 e. The van der Waals surface area contributed by atoms with Crippen molar-refractivity contribution in [3.63, 3.8) is 0 Å². The van der Waals surface area contributed by atoms with E-state index in [1.807, 2.05) is 6.92 Å². The number of methoxy groups -OCH3 is 1. The lowest BCUT2D eigenvalue weighted by Gasteiger charge is -2.16. The first-order valence-electron chi connectivity index (χ1n) is 6.00. The van der Waals surface area contributed by atoms with Gasteiger partial charge in [-0.2, -0.15) is 16.7 Å². The van der Waals surface area contributed by atoms with Gasteiger partial charge in [0, 0.05) is 11.8 Å². The zero-order valence-electron chi connectivity index (χ0n) is 11.4. The normalized spacial score (nSPS) is 14.6. The zero-order valence-corrected chi connectivity index (χ0v) is 13.0. The summed E-state index contributed by atoms with van der Waals surface area (Å²) in [6.45, 7) is 4.04. The number of nitrogens with zero attached hydrogens (tertiary/aromatic N) is 4. The third-order valence-electron chi connectivity index (χ3n) is 2.87. The van der Waals surface area contributed by atoms with Gasteiger partial charge in [0.1, 0.15) is 12.2 Å². The van der Waals surface area contributed by atoms with Gasteiger partial charge in [-0.3, -0.25) is 0 Å². The Labute approximate surface area is 121 Å². The molecule has 2 atom stereocenters. The van der Waals surface area contributed by atoms with E-state index in [-0.39, 0.29) is 11.4 Å². The predicted molar refractivity (Wildman–Crippen MR) is 79.2 cm³/mol. The second-order valence-electron chi connectivity index (χ2n) is 4.32. The molecule has 0 spiro atoms. The summed E-state index contributed by atoms with van der Waals surface area (Å²) in [5.74, 6) is 2.25. The number of alkyl halides is 1. The van der Waals surface area contributed by atoms with Crippen molar-refractivity contribution in [1.29, 1.82) is 0 Å². The van der Waals surface area contributed by atoms with Crippen LogP contribution in [0.3, 0.4) is 0 Å². The summed E-state index contributed by atoms with van der Waals surface area (Å²) in [4.78, 5) is 13.0. The maximum atomic E-state index is 6.24. The summed E-state index contributed by atoms with van der Waals surface area (Å²) in [6.07, 6.45) is 3.57. The van der Waals surface area contributed by atoms with E-state index < -0.39 is 0 Å². The Balaban J connectivity index is 2.67. The van der Waals surface area contributed by atoms with E-state index in [0.29, 0.717) is 11.4 Å². The Morgan fingerprint density at radius 1 is 1.42 bits per heavy atom. The molecule has 104 valence electrons. The Morgan fingerprint density at radius 3 is 2.74 bits per heavy atom. The monoisotopic (exact) mass is 300 g/mol. The SMILES string of the molecule is COc1ncnc2c1nc(C(C)Cl)n2C(C)CSC. The maximum Gasteiger partial charge on any atom is 0.245 e. The van der Waals surface area contributed by atoms with Crippen molar-refractivity contribution in [2.24, 2.45) is 0 Å². The van der Waals surface area contributed by atoms with Gasteiger partial charge in [-0.25, -0.2) is 9.97 Å². The number of hydrogen-bond acceptors (Lipinski definition) is 5. The number of imidazole rings is 1. The van der Waals surface area contributed by atoms with Gasteiger partial charge in [0.15, 0.2) is 11.2 Å². The lowest BCUT2D eigenvalue weighted by Crippen LogP contribution is -2.12. The molecule has 0 saturated carbocycles. The molecular weight excluding hydrogens is 284 g/mol. The van der Waals surface area contributed by atoms with E-state index in [2.05, 4.69) is 32.7 Å². The number of thioether (sulfide) groups is 1. The fourth-order valence-electron chi connectivity index (χ4n) is 2.09. The molecule has 0 aromatic carbocycles. The van der Waals surface area contributed by atoms with Crippen LogP contribution in [0.4, 0.5) is 0 Å². The van der Waals surface area contributed by atoms with E-state index in [4.69, 9.17) is 16.3 Å². The summed E-state index contributed by atoms with van der Waals surface area (Å²) >= 11 is 8.02. The first-order chi connectivity index (χ1) is 9.10. The third-order valence-corrected chi connectivity index (χ3v) is 3.88. The number of ether oxygens (including phenoxy) is 1. The van der Waals surface area contributed by atoms with Crippen molar-refractivity contribution in [3.05, 3.63) is 12.2 Å². The molecular formula is C12H17ClN4OS. The van der Waals surface area contributed by atoms with Gasteiger partial charge in [-0.05, 0) is 20.1 Å². The molecule has 0 radical (unpaired) electrons. The fourth-order valence-corrected chi connectivity index (χ4v) is 2.87. The molecule has 2 aromatic rings. The number of fused-ring (bicyclic) bond motifs is 1. The molecule has 2 aromatic heterocycles. The smallest absolute Gasteiger partial charge is 0.245 e. The Morgan fingerprint density at radius 2 is 2.16 bits per heavy atom. The molecule has 5 nitrogen and oxygen atoms in total. The van der Waals surface area contributed by atoms with Crippen LogP contribution in [0.25, 0.3) is 11.2 Å². The number of aromatic nitrogens is 4. The first-order valence-corrected chi connectivity index (χ1v) is 7.83. The fraction of sp³-hybridized carbons (Fsp3) is 0.583. The third kappa shape index (κ3) is 2.65. The van der Waals surface area contributed by atoms with E-state index in [1.54, 1.807) is 18.9 Å².